The highest BCUT2D eigenvalue weighted by Gasteiger charge is 2.10. The van der Waals surface area contributed by atoms with Crippen LogP contribution in [0.25, 0.3) is 0 Å². The number of benzene rings is 1. The number of hydrogen-bond donors (Lipinski definition) is 1. The maximum absolute atomic E-state index is 12.1. The van der Waals surface area contributed by atoms with Crippen LogP contribution in [0.3, 0.4) is 0 Å². The van der Waals surface area contributed by atoms with E-state index in [1.807, 2.05) is 24.3 Å². The van der Waals surface area contributed by atoms with E-state index in [1.54, 1.807) is 18.9 Å². The molecule has 0 heterocycles. The fourth-order valence-corrected chi connectivity index (χ4v) is 2.54. The van der Waals surface area contributed by atoms with E-state index in [0.717, 1.165) is 11.1 Å². The summed E-state index contributed by atoms with van der Waals surface area (Å²) in [6.45, 7) is 4.53. The monoisotopic (exact) mass is 420 g/mol. The smallest absolute Gasteiger partial charge is 0.302 e. The van der Waals surface area contributed by atoms with Gasteiger partial charge in [0, 0.05) is 46.3 Å². The number of carbonyl (C=O) groups is 4. The van der Waals surface area contributed by atoms with E-state index in [2.05, 4.69) is 5.32 Å². The number of carbonyl (C=O) groups excluding carboxylic acids is 4. The maximum atomic E-state index is 12.1. The Morgan fingerprint density at radius 3 is 2.33 bits per heavy atom. The third kappa shape index (κ3) is 11.3. The summed E-state index contributed by atoms with van der Waals surface area (Å²) in [5.41, 5.74) is 1.81. The zero-order valence-electron chi connectivity index (χ0n) is 18.1. The van der Waals surface area contributed by atoms with Crippen molar-refractivity contribution in [2.45, 2.75) is 46.1 Å². The predicted octanol–water partition coefficient (Wildman–Crippen LogP) is 1.64. The van der Waals surface area contributed by atoms with Gasteiger partial charge >= 0.3 is 5.97 Å². The number of esters is 1. The molecule has 0 unspecified atom stereocenters. The van der Waals surface area contributed by atoms with E-state index < -0.39 is 0 Å². The Hall–Kier alpha value is -2.74. The number of nitrogens with zero attached hydrogens (tertiary/aromatic N) is 1. The van der Waals surface area contributed by atoms with Gasteiger partial charge in [-0.05, 0) is 11.1 Å². The molecular formula is C22H32N2O6. The van der Waals surface area contributed by atoms with E-state index in [1.165, 1.54) is 6.92 Å². The fourth-order valence-electron chi connectivity index (χ4n) is 2.54. The van der Waals surface area contributed by atoms with Crippen molar-refractivity contribution >= 4 is 23.6 Å². The molecule has 0 saturated heterocycles. The molecular weight excluding hydrogens is 388 g/mol. The summed E-state index contributed by atoms with van der Waals surface area (Å²) in [6, 6.07) is 7.48. The third-order valence-electron chi connectivity index (χ3n) is 4.32. The molecule has 0 fully saturated rings. The van der Waals surface area contributed by atoms with Gasteiger partial charge in [0.25, 0.3) is 0 Å². The number of Topliss-reactive ketones (excluding diaryl/α,β-unsaturated/α-hetero) is 1. The molecule has 0 saturated carbocycles. The minimum Gasteiger partial charge on any atom is -0.466 e. The Morgan fingerprint density at radius 2 is 1.70 bits per heavy atom. The summed E-state index contributed by atoms with van der Waals surface area (Å²) < 4.78 is 10.1. The second-order valence-electron chi connectivity index (χ2n) is 6.98. The van der Waals surface area contributed by atoms with Crippen LogP contribution in [0, 0.1) is 0 Å². The Kier molecular flexibility index (Phi) is 12.0. The van der Waals surface area contributed by atoms with Crippen LogP contribution in [-0.2, 0) is 41.6 Å². The van der Waals surface area contributed by atoms with Gasteiger partial charge in [-0.3, -0.25) is 19.2 Å². The van der Waals surface area contributed by atoms with Crippen molar-refractivity contribution in [3.63, 3.8) is 0 Å². The van der Waals surface area contributed by atoms with Crippen LogP contribution in [-0.4, -0.2) is 61.9 Å². The molecule has 0 aliphatic carbocycles. The second kappa shape index (κ2) is 14.3. The molecule has 2 amide bonds. The van der Waals surface area contributed by atoms with Crippen molar-refractivity contribution in [2.24, 2.45) is 0 Å². The lowest BCUT2D eigenvalue weighted by Crippen LogP contribution is -2.30. The van der Waals surface area contributed by atoms with Gasteiger partial charge in [-0.2, -0.15) is 0 Å². The van der Waals surface area contributed by atoms with Crippen molar-refractivity contribution in [1.29, 1.82) is 0 Å². The van der Waals surface area contributed by atoms with Gasteiger partial charge in [0.1, 0.15) is 12.4 Å². The van der Waals surface area contributed by atoms with E-state index in [0.29, 0.717) is 39.0 Å². The molecule has 1 aromatic carbocycles. The van der Waals surface area contributed by atoms with Crippen molar-refractivity contribution in [3.05, 3.63) is 35.4 Å². The molecule has 0 aliphatic rings. The van der Waals surface area contributed by atoms with Crippen molar-refractivity contribution in [2.75, 3.05) is 33.4 Å². The topological polar surface area (TPSA) is 102 Å². The average molecular weight is 421 g/mol. The number of hydrogen-bond acceptors (Lipinski definition) is 6. The molecule has 1 aromatic rings. The van der Waals surface area contributed by atoms with Gasteiger partial charge in [0.2, 0.25) is 11.8 Å². The molecule has 0 radical (unpaired) electrons. The number of ether oxygens (including phenoxy) is 2. The Morgan fingerprint density at radius 1 is 1.03 bits per heavy atom. The van der Waals surface area contributed by atoms with Gasteiger partial charge in [0.05, 0.1) is 19.6 Å². The summed E-state index contributed by atoms with van der Waals surface area (Å²) in [7, 11) is 1.70. The van der Waals surface area contributed by atoms with Gasteiger partial charge in [0.15, 0.2) is 0 Å². The Bertz CT molecular complexity index is 702. The van der Waals surface area contributed by atoms with Crippen LogP contribution in [0.5, 0.6) is 0 Å². The number of nitrogens with one attached hydrogen (secondary N) is 1. The Labute approximate surface area is 177 Å². The first-order valence-electron chi connectivity index (χ1n) is 10.1. The molecule has 30 heavy (non-hydrogen) atoms. The summed E-state index contributed by atoms with van der Waals surface area (Å²) >= 11 is 0. The molecule has 8 nitrogen and oxygen atoms in total. The number of rotatable bonds is 14. The lowest BCUT2D eigenvalue weighted by molar-refractivity contribution is -0.142. The molecule has 8 heteroatoms. The Balaban J connectivity index is 2.30. The van der Waals surface area contributed by atoms with E-state index in [4.69, 9.17) is 9.47 Å². The molecule has 1 N–H and O–H groups in total. The lowest BCUT2D eigenvalue weighted by atomic mass is 10.1. The molecule has 0 atom stereocenters. The zero-order valence-corrected chi connectivity index (χ0v) is 18.1. The first kappa shape index (κ1) is 25.3. The van der Waals surface area contributed by atoms with Gasteiger partial charge < -0.3 is 19.7 Å². The molecule has 0 bridgehead atoms. The largest absolute Gasteiger partial charge is 0.466 e. The summed E-state index contributed by atoms with van der Waals surface area (Å²) in [5.74, 6) is -0.469. The normalized spacial score (nSPS) is 10.4. The summed E-state index contributed by atoms with van der Waals surface area (Å²) in [6.07, 6.45) is 1.63. The van der Waals surface area contributed by atoms with Crippen molar-refractivity contribution in [3.8, 4) is 0 Å². The zero-order chi connectivity index (χ0) is 22.4. The van der Waals surface area contributed by atoms with Crippen molar-refractivity contribution in [1.82, 2.24) is 10.2 Å². The van der Waals surface area contributed by atoms with Gasteiger partial charge in [-0.1, -0.05) is 31.2 Å². The highest BCUT2D eigenvalue weighted by atomic mass is 16.5. The minimum absolute atomic E-state index is 0.0324. The minimum atomic E-state index is -0.332. The second-order valence-corrected chi connectivity index (χ2v) is 6.98. The maximum Gasteiger partial charge on any atom is 0.302 e. The lowest BCUT2D eigenvalue weighted by Gasteiger charge is -2.17. The van der Waals surface area contributed by atoms with Crippen LogP contribution in [0.2, 0.25) is 0 Å². The molecule has 0 aromatic heterocycles. The molecule has 0 aliphatic heterocycles. The number of ketones is 1. The quantitative estimate of drug-likeness (QED) is 0.363. The van der Waals surface area contributed by atoms with E-state index in [9.17, 15) is 19.2 Å². The van der Waals surface area contributed by atoms with Crippen LogP contribution in [0.1, 0.15) is 44.2 Å². The molecule has 1 rings (SSSR count). The highest BCUT2D eigenvalue weighted by Crippen LogP contribution is 2.08. The van der Waals surface area contributed by atoms with Crippen LogP contribution < -0.4 is 5.32 Å². The summed E-state index contributed by atoms with van der Waals surface area (Å²) in [5, 5.41) is 2.74. The SMILES string of the molecule is CCC(=O)CCNC(=O)Cc1ccc(CN(C)C(=O)COCCCOC(C)=O)cc1. The third-order valence-corrected chi connectivity index (χ3v) is 4.32. The molecule has 166 valence electrons. The van der Waals surface area contributed by atoms with E-state index in [-0.39, 0.29) is 43.2 Å². The average Bonchev–Trinajstić information content (AvgIpc) is 2.71. The van der Waals surface area contributed by atoms with Gasteiger partial charge in [-0.25, -0.2) is 0 Å². The van der Waals surface area contributed by atoms with Crippen molar-refractivity contribution < 1.29 is 28.7 Å². The number of likely N-dealkylation sites (N-methyl/N-ethyl adjacent to an activating group) is 1. The summed E-state index contributed by atoms with van der Waals surface area (Å²) in [4.78, 5) is 47.5. The fraction of sp³-hybridized carbons (Fsp3) is 0.545. The van der Waals surface area contributed by atoms with Gasteiger partial charge in [-0.15, -0.1) is 0 Å². The van der Waals surface area contributed by atoms with Crippen LogP contribution in [0.4, 0.5) is 0 Å². The molecule has 0 spiro atoms. The van der Waals surface area contributed by atoms with E-state index >= 15 is 0 Å². The van der Waals surface area contributed by atoms with Crippen LogP contribution >= 0.6 is 0 Å². The predicted molar refractivity (Wildman–Crippen MR) is 112 cm³/mol. The number of amides is 2. The standard InChI is InChI=1S/C22H32N2O6/c1-4-20(26)10-11-23-21(27)14-18-6-8-19(9-7-18)15-24(3)22(28)16-29-12-5-13-30-17(2)25/h6-9H,4-5,10-16H2,1-3H3,(H,23,27). The van der Waals surface area contributed by atoms with Crippen LogP contribution in [0.15, 0.2) is 24.3 Å². The first-order chi connectivity index (χ1) is 14.3. The highest BCUT2D eigenvalue weighted by molar-refractivity contribution is 5.81. The first-order valence-corrected chi connectivity index (χ1v) is 10.1.